The first kappa shape index (κ1) is 15.4. The van der Waals surface area contributed by atoms with Gasteiger partial charge in [0.2, 0.25) is 0 Å². The normalized spacial score (nSPS) is 15.9. The highest BCUT2D eigenvalue weighted by Crippen LogP contribution is 2.33. The van der Waals surface area contributed by atoms with Gasteiger partial charge in [-0.2, -0.15) is 0 Å². The number of aromatic hydroxyl groups is 1. The van der Waals surface area contributed by atoms with Crippen molar-refractivity contribution in [2.24, 2.45) is 0 Å². The first-order valence-electron chi connectivity index (χ1n) is 8.04. The van der Waals surface area contributed by atoms with Gasteiger partial charge >= 0.3 is 0 Å². The van der Waals surface area contributed by atoms with Crippen LogP contribution in [-0.4, -0.2) is 11.1 Å². The Bertz CT molecular complexity index is 621. The number of phenols is 1. The van der Waals surface area contributed by atoms with Gasteiger partial charge in [0.05, 0.1) is 5.02 Å². The lowest BCUT2D eigenvalue weighted by Gasteiger charge is -2.23. The smallest absolute Gasteiger partial charge is 0.138 e. The van der Waals surface area contributed by atoms with Gasteiger partial charge in [0.15, 0.2) is 0 Å². The predicted octanol–water partition coefficient (Wildman–Crippen LogP) is 5.13. The van der Waals surface area contributed by atoms with Gasteiger partial charge in [0.25, 0.3) is 0 Å². The fourth-order valence-electron chi connectivity index (χ4n) is 3.15. The van der Waals surface area contributed by atoms with Crippen molar-refractivity contribution >= 4 is 11.6 Å². The second-order valence-corrected chi connectivity index (χ2v) is 6.45. The molecule has 1 aliphatic carbocycles. The Labute approximate surface area is 137 Å². The zero-order valence-electron chi connectivity index (χ0n) is 12.7. The number of phenolic OH excluding ortho intramolecular Hbond substituents is 1. The Hall–Kier alpha value is -1.51. The van der Waals surface area contributed by atoms with E-state index in [-0.39, 0.29) is 5.75 Å². The molecule has 0 aliphatic heterocycles. The van der Waals surface area contributed by atoms with E-state index in [0.717, 1.165) is 16.7 Å². The van der Waals surface area contributed by atoms with Crippen LogP contribution < -0.4 is 5.32 Å². The van der Waals surface area contributed by atoms with E-state index < -0.39 is 0 Å². The van der Waals surface area contributed by atoms with Crippen molar-refractivity contribution in [1.82, 2.24) is 5.32 Å². The summed E-state index contributed by atoms with van der Waals surface area (Å²) in [5.41, 5.74) is 3.03. The standard InChI is InChI=1S/C19H22ClNO/c20-18-12-15(14-7-3-1-4-8-14)11-16(19(18)22)13-21-17-9-5-2-6-10-17/h1,3-4,7-8,11-12,17,21-22H,2,5-6,9-10,13H2. The molecule has 1 saturated carbocycles. The maximum atomic E-state index is 10.2. The van der Waals surface area contributed by atoms with Crippen molar-refractivity contribution in [3.05, 3.63) is 53.1 Å². The van der Waals surface area contributed by atoms with Crippen molar-refractivity contribution in [2.75, 3.05) is 0 Å². The fraction of sp³-hybridized carbons (Fsp3) is 0.368. The Balaban J connectivity index is 1.79. The van der Waals surface area contributed by atoms with Crippen LogP contribution in [0.4, 0.5) is 0 Å². The number of hydrogen-bond donors (Lipinski definition) is 2. The van der Waals surface area contributed by atoms with E-state index in [2.05, 4.69) is 17.4 Å². The highest BCUT2D eigenvalue weighted by Gasteiger charge is 2.15. The lowest BCUT2D eigenvalue weighted by Crippen LogP contribution is -2.30. The minimum atomic E-state index is 0.199. The van der Waals surface area contributed by atoms with E-state index >= 15 is 0 Å². The van der Waals surface area contributed by atoms with Gasteiger partial charge < -0.3 is 10.4 Å². The first-order chi connectivity index (χ1) is 10.7. The average molecular weight is 316 g/mol. The second-order valence-electron chi connectivity index (χ2n) is 6.05. The number of benzene rings is 2. The van der Waals surface area contributed by atoms with Gasteiger partial charge in [-0.05, 0) is 36.1 Å². The molecule has 0 aromatic heterocycles. The van der Waals surface area contributed by atoms with E-state index in [4.69, 9.17) is 11.6 Å². The summed E-state index contributed by atoms with van der Waals surface area (Å²) in [6.45, 7) is 0.664. The molecule has 0 saturated heterocycles. The minimum absolute atomic E-state index is 0.199. The Morgan fingerprint density at radius 2 is 1.73 bits per heavy atom. The Morgan fingerprint density at radius 3 is 2.45 bits per heavy atom. The molecular weight excluding hydrogens is 294 g/mol. The molecule has 22 heavy (non-hydrogen) atoms. The van der Waals surface area contributed by atoms with Crippen molar-refractivity contribution in [3.8, 4) is 16.9 Å². The molecule has 3 rings (SSSR count). The van der Waals surface area contributed by atoms with Gasteiger partial charge in [0.1, 0.15) is 5.75 Å². The van der Waals surface area contributed by atoms with Gasteiger partial charge in [-0.15, -0.1) is 0 Å². The number of hydrogen-bond acceptors (Lipinski definition) is 2. The highest BCUT2D eigenvalue weighted by atomic mass is 35.5. The number of nitrogens with one attached hydrogen (secondary N) is 1. The summed E-state index contributed by atoms with van der Waals surface area (Å²) in [4.78, 5) is 0. The molecule has 0 unspecified atom stereocenters. The van der Waals surface area contributed by atoms with Gasteiger partial charge in [-0.1, -0.05) is 61.2 Å². The first-order valence-corrected chi connectivity index (χ1v) is 8.42. The molecular formula is C19H22ClNO. The van der Waals surface area contributed by atoms with Gasteiger partial charge in [-0.25, -0.2) is 0 Å². The summed E-state index contributed by atoms with van der Waals surface area (Å²) in [6.07, 6.45) is 6.40. The largest absolute Gasteiger partial charge is 0.506 e. The molecule has 116 valence electrons. The zero-order chi connectivity index (χ0) is 15.4. The third-order valence-electron chi connectivity index (χ3n) is 4.44. The SMILES string of the molecule is Oc1c(Cl)cc(-c2ccccc2)cc1CNC1CCCCC1. The molecule has 0 atom stereocenters. The van der Waals surface area contributed by atoms with Crippen molar-refractivity contribution < 1.29 is 5.11 Å². The molecule has 0 amide bonds. The molecule has 0 spiro atoms. The van der Waals surface area contributed by atoms with Crippen molar-refractivity contribution in [3.63, 3.8) is 0 Å². The van der Waals surface area contributed by atoms with Crippen LogP contribution in [0.5, 0.6) is 5.75 Å². The quantitative estimate of drug-likeness (QED) is 0.819. The average Bonchev–Trinajstić information content (AvgIpc) is 2.58. The summed E-state index contributed by atoms with van der Waals surface area (Å²) in [5, 5.41) is 14.2. The molecule has 2 aromatic carbocycles. The van der Waals surface area contributed by atoms with E-state index in [0.29, 0.717) is 17.6 Å². The molecule has 2 nitrogen and oxygen atoms in total. The third-order valence-corrected chi connectivity index (χ3v) is 4.72. The number of halogens is 1. The van der Waals surface area contributed by atoms with Crippen LogP contribution in [0.1, 0.15) is 37.7 Å². The zero-order valence-corrected chi connectivity index (χ0v) is 13.4. The number of rotatable bonds is 4. The molecule has 1 fully saturated rings. The van der Waals surface area contributed by atoms with Crippen LogP contribution in [0.25, 0.3) is 11.1 Å². The Morgan fingerprint density at radius 1 is 1.00 bits per heavy atom. The van der Waals surface area contributed by atoms with Crippen LogP contribution in [0.2, 0.25) is 5.02 Å². The summed E-state index contributed by atoms with van der Waals surface area (Å²) < 4.78 is 0. The second kappa shape index (κ2) is 7.17. The lowest BCUT2D eigenvalue weighted by molar-refractivity contribution is 0.369. The topological polar surface area (TPSA) is 32.3 Å². The van der Waals surface area contributed by atoms with Gasteiger partial charge in [0, 0.05) is 18.2 Å². The van der Waals surface area contributed by atoms with E-state index in [1.807, 2.05) is 30.3 Å². The van der Waals surface area contributed by atoms with Crippen LogP contribution >= 0.6 is 11.6 Å². The fourth-order valence-corrected chi connectivity index (χ4v) is 3.39. The Kier molecular flexibility index (Phi) is 5.01. The molecule has 0 heterocycles. The maximum absolute atomic E-state index is 10.2. The molecule has 3 heteroatoms. The third kappa shape index (κ3) is 3.63. The highest BCUT2D eigenvalue weighted by molar-refractivity contribution is 6.32. The minimum Gasteiger partial charge on any atom is -0.506 e. The van der Waals surface area contributed by atoms with E-state index in [9.17, 15) is 5.11 Å². The molecule has 2 aromatic rings. The van der Waals surface area contributed by atoms with E-state index in [1.165, 1.54) is 32.1 Å². The van der Waals surface area contributed by atoms with Crippen molar-refractivity contribution in [2.45, 2.75) is 44.7 Å². The van der Waals surface area contributed by atoms with Crippen LogP contribution in [0.15, 0.2) is 42.5 Å². The summed E-state index contributed by atoms with van der Waals surface area (Å²) >= 11 is 6.21. The van der Waals surface area contributed by atoms with Crippen LogP contribution in [0, 0.1) is 0 Å². The van der Waals surface area contributed by atoms with E-state index in [1.54, 1.807) is 0 Å². The van der Waals surface area contributed by atoms with Crippen molar-refractivity contribution in [1.29, 1.82) is 0 Å². The molecule has 2 N–H and O–H groups in total. The maximum Gasteiger partial charge on any atom is 0.138 e. The lowest BCUT2D eigenvalue weighted by atomic mass is 9.95. The summed E-state index contributed by atoms with van der Waals surface area (Å²) in [7, 11) is 0. The molecule has 0 bridgehead atoms. The molecule has 1 aliphatic rings. The molecule has 0 radical (unpaired) electrons. The predicted molar refractivity (Wildman–Crippen MR) is 92.3 cm³/mol. The summed E-state index contributed by atoms with van der Waals surface area (Å²) in [6, 6.07) is 14.6. The summed E-state index contributed by atoms with van der Waals surface area (Å²) in [5.74, 6) is 0.199. The van der Waals surface area contributed by atoms with Crippen LogP contribution in [0.3, 0.4) is 0 Å². The van der Waals surface area contributed by atoms with Crippen LogP contribution in [-0.2, 0) is 6.54 Å². The van der Waals surface area contributed by atoms with Gasteiger partial charge in [-0.3, -0.25) is 0 Å². The monoisotopic (exact) mass is 315 g/mol.